The second-order valence-corrected chi connectivity index (χ2v) is 6.43. The van der Waals surface area contributed by atoms with E-state index < -0.39 is 0 Å². The molecule has 0 heterocycles. The summed E-state index contributed by atoms with van der Waals surface area (Å²) >= 11 is 2.01. The molecule has 0 saturated heterocycles. The van der Waals surface area contributed by atoms with Crippen molar-refractivity contribution in [3.63, 3.8) is 0 Å². The molecule has 1 N–H and O–H groups in total. The highest BCUT2D eigenvalue weighted by Gasteiger charge is 2.10. The van der Waals surface area contributed by atoms with Crippen molar-refractivity contribution in [2.45, 2.75) is 40.2 Å². The topological polar surface area (TPSA) is 12.0 Å². The number of rotatable bonds is 8. The summed E-state index contributed by atoms with van der Waals surface area (Å²) in [5.74, 6) is 3.08. The minimum absolute atomic E-state index is 0.493. The van der Waals surface area contributed by atoms with E-state index in [9.17, 15) is 0 Å². The van der Waals surface area contributed by atoms with Crippen LogP contribution in [0.3, 0.4) is 0 Å². The third kappa shape index (κ3) is 5.45. The highest BCUT2D eigenvalue weighted by atomic mass is 32.2. The lowest BCUT2D eigenvalue weighted by Crippen LogP contribution is -2.23. The molecule has 18 heavy (non-hydrogen) atoms. The Balaban J connectivity index is 2.76. The molecule has 0 aliphatic rings. The smallest absolute Gasteiger partial charge is 0.0411 e. The fourth-order valence-electron chi connectivity index (χ4n) is 2.16. The van der Waals surface area contributed by atoms with Crippen molar-refractivity contribution in [2.24, 2.45) is 5.92 Å². The van der Waals surface area contributed by atoms with E-state index in [2.05, 4.69) is 57.3 Å². The molecule has 0 aliphatic heterocycles. The Hall–Kier alpha value is -0.470. The van der Waals surface area contributed by atoms with Crippen LogP contribution in [-0.2, 0) is 6.42 Å². The largest absolute Gasteiger partial charge is 0.310 e. The molecule has 1 atom stereocenters. The van der Waals surface area contributed by atoms with Gasteiger partial charge in [0.05, 0.1) is 0 Å². The van der Waals surface area contributed by atoms with Crippen molar-refractivity contribution in [3.05, 3.63) is 35.4 Å². The number of nitrogens with one attached hydrogen (secondary N) is 1. The Labute approximate surface area is 117 Å². The Morgan fingerprint density at radius 1 is 1.22 bits per heavy atom. The van der Waals surface area contributed by atoms with Gasteiger partial charge in [-0.3, -0.25) is 0 Å². The summed E-state index contributed by atoms with van der Waals surface area (Å²) in [5, 5.41) is 3.59. The predicted molar refractivity (Wildman–Crippen MR) is 84.4 cm³/mol. The van der Waals surface area contributed by atoms with Crippen LogP contribution in [0.15, 0.2) is 24.3 Å². The highest BCUT2D eigenvalue weighted by Crippen LogP contribution is 2.20. The first-order valence-corrected chi connectivity index (χ1v) is 8.22. The molecular formula is C16H27NS. The standard InChI is InChI=1S/C16H27NS/c1-5-17-16(12-18-6-2)15-9-7-8-14(11-15)10-13(3)4/h7-9,11,13,16-17H,5-6,10,12H2,1-4H3. The molecule has 0 bridgehead atoms. The molecule has 0 radical (unpaired) electrons. The molecular weight excluding hydrogens is 238 g/mol. The number of thioether (sulfide) groups is 1. The zero-order valence-corrected chi connectivity index (χ0v) is 13.0. The lowest BCUT2D eigenvalue weighted by molar-refractivity contribution is 0.602. The Morgan fingerprint density at radius 3 is 2.61 bits per heavy atom. The first-order chi connectivity index (χ1) is 8.67. The number of hydrogen-bond donors (Lipinski definition) is 1. The second kappa shape index (κ2) is 8.60. The Kier molecular flexibility index (Phi) is 7.45. The maximum absolute atomic E-state index is 3.59. The van der Waals surface area contributed by atoms with E-state index >= 15 is 0 Å². The van der Waals surface area contributed by atoms with Crippen LogP contribution in [0.2, 0.25) is 0 Å². The molecule has 0 aliphatic carbocycles. The van der Waals surface area contributed by atoms with Gasteiger partial charge in [-0.1, -0.05) is 52.0 Å². The molecule has 1 unspecified atom stereocenters. The lowest BCUT2D eigenvalue weighted by atomic mass is 9.99. The summed E-state index contributed by atoms with van der Waals surface area (Å²) < 4.78 is 0. The van der Waals surface area contributed by atoms with Crippen LogP contribution < -0.4 is 5.32 Å². The van der Waals surface area contributed by atoms with Gasteiger partial charge in [0, 0.05) is 11.8 Å². The van der Waals surface area contributed by atoms with Gasteiger partial charge < -0.3 is 5.32 Å². The van der Waals surface area contributed by atoms with Gasteiger partial charge in [-0.2, -0.15) is 11.8 Å². The van der Waals surface area contributed by atoms with E-state index in [0.717, 1.165) is 18.2 Å². The third-order valence-corrected chi connectivity index (χ3v) is 3.91. The monoisotopic (exact) mass is 265 g/mol. The van der Waals surface area contributed by atoms with Gasteiger partial charge in [0.2, 0.25) is 0 Å². The van der Waals surface area contributed by atoms with Gasteiger partial charge in [-0.25, -0.2) is 0 Å². The molecule has 2 heteroatoms. The van der Waals surface area contributed by atoms with Crippen molar-refractivity contribution < 1.29 is 0 Å². The zero-order chi connectivity index (χ0) is 13.4. The van der Waals surface area contributed by atoms with Crippen LogP contribution >= 0.6 is 11.8 Å². The van der Waals surface area contributed by atoms with Crippen LogP contribution in [0.4, 0.5) is 0 Å². The van der Waals surface area contributed by atoms with Crippen LogP contribution in [0, 0.1) is 5.92 Å². The first-order valence-electron chi connectivity index (χ1n) is 7.07. The fourth-order valence-corrected chi connectivity index (χ4v) is 2.95. The van der Waals surface area contributed by atoms with Crippen molar-refractivity contribution >= 4 is 11.8 Å². The summed E-state index contributed by atoms with van der Waals surface area (Å²) in [4.78, 5) is 0. The third-order valence-electron chi connectivity index (χ3n) is 2.94. The van der Waals surface area contributed by atoms with Crippen molar-refractivity contribution in [1.82, 2.24) is 5.32 Å². The summed E-state index contributed by atoms with van der Waals surface area (Å²) in [5.41, 5.74) is 2.91. The molecule has 0 aromatic heterocycles. The van der Waals surface area contributed by atoms with Gasteiger partial charge in [-0.05, 0) is 35.8 Å². The molecule has 0 spiro atoms. The second-order valence-electron chi connectivity index (χ2n) is 5.11. The molecule has 102 valence electrons. The SMILES string of the molecule is CCNC(CSCC)c1cccc(CC(C)C)c1. The molecule has 0 amide bonds. The van der Waals surface area contributed by atoms with Crippen molar-refractivity contribution in [3.8, 4) is 0 Å². The van der Waals surface area contributed by atoms with Gasteiger partial charge >= 0.3 is 0 Å². The minimum atomic E-state index is 0.493. The summed E-state index contributed by atoms with van der Waals surface area (Å²) in [6, 6.07) is 9.58. The number of benzene rings is 1. The fraction of sp³-hybridized carbons (Fsp3) is 0.625. The molecule has 1 nitrogen and oxygen atoms in total. The van der Waals surface area contributed by atoms with E-state index in [0.29, 0.717) is 6.04 Å². The van der Waals surface area contributed by atoms with Crippen LogP contribution in [0.5, 0.6) is 0 Å². The van der Waals surface area contributed by atoms with E-state index in [1.807, 2.05) is 11.8 Å². The van der Waals surface area contributed by atoms with E-state index in [1.165, 1.54) is 23.3 Å². The normalized spacial score (nSPS) is 12.9. The molecule has 1 aromatic rings. The summed E-state index contributed by atoms with van der Waals surface area (Å²) in [6.07, 6.45) is 1.17. The van der Waals surface area contributed by atoms with Gasteiger partial charge in [0.25, 0.3) is 0 Å². The Morgan fingerprint density at radius 2 is 2.00 bits per heavy atom. The van der Waals surface area contributed by atoms with E-state index in [-0.39, 0.29) is 0 Å². The van der Waals surface area contributed by atoms with E-state index in [1.54, 1.807) is 0 Å². The number of hydrogen-bond acceptors (Lipinski definition) is 2. The molecule has 1 aromatic carbocycles. The van der Waals surface area contributed by atoms with Crippen molar-refractivity contribution in [2.75, 3.05) is 18.1 Å². The van der Waals surface area contributed by atoms with Gasteiger partial charge in [0.15, 0.2) is 0 Å². The van der Waals surface area contributed by atoms with Gasteiger partial charge in [0.1, 0.15) is 0 Å². The maximum Gasteiger partial charge on any atom is 0.0411 e. The average Bonchev–Trinajstić information content (AvgIpc) is 2.34. The summed E-state index contributed by atoms with van der Waals surface area (Å²) in [6.45, 7) is 10.00. The summed E-state index contributed by atoms with van der Waals surface area (Å²) in [7, 11) is 0. The molecule has 0 fully saturated rings. The quantitative estimate of drug-likeness (QED) is 0.752. The predicted octanol–water partition coefficient (Wildman–Crippen LogP) is 4.29. The molecule has 1 rings (SSSR count). The van der Waals surface area contributed by atoms with Crippen LogP contribution in [0.25, 0.3) is 0 Å². The van der Waals surface area contributed by atoms with Crippen LogP contribution in [-0.4, -0.2) is 18.1 Å². The minimum Gasteiger partial charge on any atom is -0.310 e. The lowest BCUT2D eigenvalue weighted by Gasteiger charge is -2.19. The highest BCUT2D eigenvalue weighted by molar-refractivity contribution is 7.99. The molecule has 0 saturated carbocycles. The maximum atomic E-state index is 3.59. The van der Waals surface area contributed by atoms with Crippen LogP contribution in [0.1, 0.15) is 44.9 Å². The van der Waals surface area contributed by atoms with Gasteiger partial charge in [-0.15, -0.1) is 0 Å². The zero-order valence-electron chi connectivity index (χ0n) is 12.2. The van der Waals surface area contributed by atoms with E-state index in [4.69, 9.17) is 0 Å². The average molecular weight is 265 g/mol. The Bertz CT molecular complexity index is 336. The van der Waals surface area contributed by atoms with Crippen molar-refractivity contribution in [1.29, 1.82) is 0 Å². The first kappa shape index (κ1) is 15.6.